The predicted molar refractivity (Wildman–Crippen MR) is 188 cm³/mol. The van der Waals surface area contributed by atoms with Crippen molar-refractivity contribution in [2.75, 3.05) is 34.5 Å². The van der Waals surface area contributed by atoms with E-state index in [1.54, 1.807) is 25.1 Å². The van der Waals surface area contributed by atoms with Gasteiger partial charge in [0.25, 0.3) is 0 Å². The third-order valence-electron chi connectivity index (χ3n) is 10.6. The van der Waals surface area contributed by atoms with Gasteiger partial charge < -0.3 is 93.3 Å². The van der Waals surface area contributed by atoms with E-state index in [4.69, 9.17) is 47.4 Å². The van der Waals surface area contributed by atoms with Gasteiger partial charge >= 0.3 is 0 Å². The quantitative estimate of drug-likeness (QED) is 0.108. The monoisotopic (exact) mass is 814 g/mol. The molecular weight excluding hydrogens is 764 g/mol. The Kier molecular flexibility index (Phi) is 13.5. The Balaban J connectivity index is 1.17. The maximum atomic E-state index is 13.8. The van der Waals surface area contributed by atoms with E-state index in [1.165, 1.54) is 34.3 Å². The zero-order valence-electron chi connectivity index (χ0n) is 31.7. The van der Waals surface area contributed by atoms with Crippen LogP contribution in [0.4, 0.5) is 0 Å². The van der Waals surface area contributed by atoms with E-state index in [2.05, 4.69) is 0 Å². The van der Waals surface area contributed by atoms with E-state index >= 15 is 0 Å². The normalized spacial score (nSPS) is 38.2. The van der Waals surface area contributed by atoms with Crippen LogP contribution in [-0.2, 0) is 23.7 Å². The molecule has 0 unspecified atom stereocenters. The van der Waals surface area contributed by atoms with Gasteiger partial charge in [0, 0.05) is 23.3 Å². The standard InChI is InChI=1S/C37H50O20/c1-13-18(49-4)10-21(24-17(39)9-20(53-33(13)24)16-7-6-15(48-3)8-19(16)50-5)54-37-31(46)28(43)26(41)23(56-37)12-51-35-32(47)29(44)34(22(11-38)55-35)57-36-30(45)27(42)25(40)14(2)52-36/h6-8,10,14,20,22-23,25-32,34-38,40-47H,9,11-12H2,1-5H3/t14-,20-,22+,23+,25-,26+,27+,28-,29+,30+,31+,32+,34+,35+,36-,37+/m0/s1. The molecule has 0 saturated carbocycles. The highest BCUT2D eigenvalue weighted by Gasteiger charge is 2.51. The van der Waals surface area contributed by atoms with Gasteiger partial charge in [0.2, 0.25) is 6.29 Å². The Labute approximate surface area is 326 Å². The minimum absolute atomic E-state index is 0.00654. The number of ether oxygens (including phenoxy) is 10. The van der Waals surface area contributed by atoms with Gasteiger partial charge in [-0.3, -0.25) is 4.79 Å². The van der Waals surface area contributed by atoms with Gasteiger partial charge in [-0.15, -0.1) is 0 Å². The summed E-state index contributed by atoms with van der Waals surface area (Å²) >= 11 is 0. The van der Waals surface area contributed by atoms with Crippen LogP contribution in [0, 0.1) is 6.92 Å². The molecule has 4 heterocycles. The number of hydrogen-bond acceptors (Lipinski definition) is 20. The van der Waals surface area contributed by atoms with Gasteiger partial charge in [0.15, 0.2) is 18.4 Å². The number of carbonyl (C=O) groups excluding carboxylic acids is 1. The molecule has 57 heavy (non-hydrogen) atoms. The summed E-state index contributed by atoms with van der Waals surface area (Å²) in [6.07, 6.45) is -25.3. The average molecular weight is 815 g/mol. The van der Waals surface area contributed by atoms with E-state index in [1.807, 2.05) is 0 Å². The van der Waals surface area contributed by atoms with Crippen LogP contribution in [0.1, 0.15) is 40.9 Å². The third-order valence-corrected chi connectivity index (χ3v) is 10.6. The number of rotatable bonds is 12. The van der Waals surface area contributed by atoms with Crippen molar-refractivity contribution in [1.29, 1.82) is 0 Å². The summed E-state index contributed by atoms with van der Waals surface area (Å²) < 4.78 is 56.9. The Morgan fingerprint density at radius 1 is 0.702 bits per heavy atom. The van der Waals surface area contributed by atoms with Crippen LogP contribution in [0.5, 0.6) is 28.7 Å². The number of Topliss-reactive ketones (excluding diaryl/α,β-unsaturated/α-hetero) is 1. The number of ketones is 1. The largest absolute Gasteiger partial charge is 0.497 e. The van der Waals surface area contributed by atoms with Crippen molar-refractivity contribution in [2.24, 2.45) is 0 Å². The van der Waals surface area contributed by atoms with E-state index in [9.17, 15) is 50.8 Å². The molecule has 3 saturated heterocycles. The number of fused-ring (bicyclic) bond motifs is 1. The lowest BCUT2D eigenvalue weighted by molar-refractivity contribution is -0.361. The molecule has 20 heteroatoms. The molecule has 318 valence electrons. The molecule has 6 rings (SSSR count). The van der Waals surface area contributed by atoms with Gasteiger partial charge in [0.1, 0.15) is 108 Å². The molecule has 2 aromatic carbocycles. The molecule has 0 amide bonds. The highest BCUT2D eigenvalue weighted by Crippen LogP contribution is 2.47. The fourth-order valence-electron chi connectivity index (χ4n) is 7.24. The molecule has 20 nitrogen and oxygen atoms in total. The first-order valence-electron chi connectivity index (χ1n) is 18.2. The van der Waals surface area contributed by atoms with Gasteiger partial charge in [-0.1, -0.05) is 0 Å². The second-order valence-corrected chi connectivity index (χ2v) is 14.2. The van der Waals surface area contributed by atoms with Crippen LogP contribution in [0.25, 0.3) is 0 Å². The summed E-state index contributed by atoms with van der Waals surface area (Å²) in [6, 6.07) is 6.48. The lowest BCUT2D eigenvalue weighted by Crippen LogP contribution is -2.64. The minimum atomic E-state index is -1.87. The number of aliphatic hydroxyl groups is 9. The van der Waals surface area contributed by atoms with Crippen molar-refractivity contribution in [3.05, 3.63) is 41.0 Å². The maximum Gasteiger partial charge on any atom is 0.229 e. The van der Waals surface area contributed by atoms with Crippen molar-refractivity contribution in [2.45, 2.75) is 118 Å². The summed E-state index contributed by atoms with van der Waals surface area (Å²) in [4.78, 5) is 13.8. The summed E-state index contributed by atoms with van der Waals surface area (Å²) in [6.45, 7) is 1.66. The van der Waals surface area contributed by atoms with Crippen LogP contribution < -0.4 is 23.7 Å². The molecule has 4 aliphatic rings. The topological polar surface area (TPSA) is 291 Å². The van der Waals surface area contributed by atoms with E-state index in [0.717, 1.165) is 0 Å². The molecule has 0 aliphatic carbocycles. The summed E-state index contributed by atoms with van der Waals surface area (Å²) in [5.41, 5.74) is 1.05. The molecule has 0 aromatic heterocycles. The van der Waals surface area contributed by atoms with E-state index in [0.29, 0.717) is 22.6 Å². The Morgan fingerprint density at radius 2 is 1.35 bits per heavy atom. The molecule has 0 spiro atoms. The Hall–Kier alpha value is -3.45. The van der Waals surface area contributed by atoms with Crippen LogP contribution in [0.3, 0.4) is 0 Å². The van der Waals surface area contributed by atoms with E-state index in [-0.39, 0.29) is 29.2 Å². The van der Waals surface area contributed by atoms with Crippen molar-refractivity contribution in [3.63, 3.8) is 0 Å². The number of aliphatic hydroxyl groups excluding tert-OH is 9. The molecule has 0 bridgehead atoms. The molecule has 0 radical (unpaired) electrons. The van der Waals surface area contributed by atoms with Gasteiger partial charge in [-0.05, 0) is 26.0 Å². The first-order valence-corrected chi connectivity index (χ1v) is 18.2. The van der Waals surface area contributed by atoms with Gasteiger partial charge in [-0.25, -0.2) is 0 Å². The predicted octanol–water partition coefficient (Wildman–Crippen LogP) is -2.42. The molecule has 4 aliphatic heterocycles. The average Bonchev–Trinajstić information content (AvgIpc) is 3.21. The second kappa shape index (κ2) is 17.8. The first-order chi connectivity index (χ1) is 27.1. The summed E-state index contributed by atoms with van der Waals surface area (Å²) in [7, 11) is 4.38. The van der Waals surface area contributed by atoms with Gasteiger partial charge in [0.05, 0.1) is 47.1 Å². The molecule has 2 aromatic rings. The van der Waals surface area contributed by atoms with Gasteiger partial charge in [-0.2, -0.15) is 0 Å². The van der Waals surface area contributed by atoms with Crippen molar-refractivity contribution < 1.29 is 98.1 Å². The number of carbonyl (C=O) groups is 1. The van der Waals surface area contributed by atoms with E-state index < -0.39 is 117 Å². The summed E-state index contributed by atoms with van der Waals surface area (Å²) in [5, 5.41) is 95.1. The SMILES string of the molecule is COc1ccc([C@@H]2CC(=O)c3c(O[C@@H]4O[C@H](CO[C@@H]5O[C@H](CO)[C@@H](O[C@@H]6O[C@@H](C)[C@H](O)[C@@H](O)[C@H]6O)[C@H](O)[C@H]5O)[C@@H](O)[C@H](O)[C@H]4O)cc(OC)c(C)c3O2)c(OC)c1. The fourth-order valence-corrected chi connectivity index (χ4v) is 7.24. The molecule has 3 fully saturated rings. The molecule has 9 N–H and O–H groups in total. The lowest BCUT2D eigenvalue weighted by atomic mass is 9.93. The van der Waals surface area contributed by atoms with Crippen LogP contribution in [0.15, 0.2) is 24.3 Å². The molecule has 16 atom stereocenters. The number of methoxy groups -OCH3 is 3. The minimum Gasteiger partial charge on any atom is -0.497 e. The highest BCUT2D eigenvalue weighted by molar-refractivity contribution is 6.03. The highest BCUT2D eigenvalue weighted by atomic mass is 16.8. The summed E-state index contributed by atoms with van der Waals surface area (Å²) in [5.74, 6) is 0.817. The maximum absolute atomic E-state index is 13.8. The third kappa shape index (κ3) is 8.38. The van der Waals surface area contributed by atoms with Crippen LogP contribution in [0.2, 0.25) is 0 Å². The second-order valence-electron chi connectivity index (χ2n) is 14.2. The fraction of sp³-hybridized carbons (Fsp3) is 0.649. The van der Waals surface area contributed by atoms with Crippen molar-refractivity contribution in [3.8, 4) is 28.7 Å². The first kappa shape index (κ1) is 43.1. The Bertz CT molecular complexity index is 1710. The van der Waals surface area contributed by atoms with Crippen LogP contribution >= 0.6 is 0 Å². The lowest BCUT2D eigenvalue weighted by Gasteiger charge is -2.46. The smallest absolute Gasteiger partial charge is 0.229 e. The van der Waals surface area contributed by atoms with Crippen molar-refractivity contribution >= 4 is 5.78 Å². The van der Waals surface area contributed by atoms with Crippen LogP contribution in [-0.4, -0.2) is 178 Å². The zero-order valence-corrected chi connectivity index (χ0v) is 31.7. The number of hydrogen-bond donors (Lipinski definition) is 9. The Morgan fingerprint density at radius 3 is 2.02 bits per heavy atom. The molecular formula is C37H50O20. The zero-order chi connectivity index (χ0) is 41.5. The van der Waals surface area contributed by atoms with Crippen molar-refractivity contribution in [1.82, 2.24) is 0 Å². The number of benzene rings is 2.